The van der Waals surface area contributed by atoms with Gasteiger partial charge in [0.05, 0.1) is 13.2 Å². The van der Waals surface area contributed by atoms with Crippen LogP contribution < -0.4 is 0 Å². The maximum atomic E-state index is 12.3. The maximum absolute atomic E-state index is 12.3. The molecule has 6 nitrogen and oxygen atoms in total. The second-order valence-corrected chi connectivity index (χ2v) is 6.73. The second-order valence-electron chi connectivity index (χ2n) is 3.91. The molecule has 1 saturated heterocycles. The molecule has 0 radical (unpaired) electrons. The number of methoxy groups -OCH3 is 1. The largest absolute Gasteiger partial charge is 0.465 e. The van der Waals surface area contributed by atoms with Crippen molar-refractivity contribution >= 4 is 27.3 Å². The van der Waals surface area contributed by atoms with Crippen LogP contribution >= 0.6 is 11.3 Å². The van der Waals surface area contributed by atoms with Crippen molar-refractivity contribution < 1.29 is 23.1 Å². The molecule has 2 heterocycles. The first-order chi connectivity index (χ1) is 8.46. The van der Waals surface area contributed by atoms with E-state index < -0.39 is 22.1 Å². The lowest BCUT2D eigenvalue weighted by atomic mass is 10.3. The fourth-order valence-corrected chi connectivity index (χ4v) is 4.61. The summed E-state index contributed by atoms with van der Waals surface area (Å²) in [5, 5.41) is 10.9. The third-order valence-corrected chi connectivity index (χ3v) is 5.67. The quantitative estimate of drug-likeness (QED) is 0.809. The second kappa shape index (κ2) is 4.96. The Morgan fingerprint density at radius 3 is 2.89 bits per heavy atom. The fourth-order valence-electron chi connectivity index (χ4n) is 1.81. The monoisotopic (exact) mass is 291 g/mol. The number of thiophene rings is 1. The summed E-state index contributed by atoms with van der Waals surface area (Å²) in [6.45, 7) is 0.332. The summed E-state index contributed by atoms with van der Waals surface area (Å²) in [5.74, 6) is -0.664. The van der Waals surface area contributed by atoms with E-state index in [9.17, 15) is 18.3 Å². The molecular formula is C10H13NO5S2. The van der Waals surface area contributed by atoms with E-state index in [0.29, 0.717) is 6.42 Å². The van der Waals surface area contributed by atoms with E-state index in [1.165, 1.54) is 22.9 Å². The molecule has 1 unspecified atom stereocenters. The molecular weight excluding hydrogens is 278 g/mol. The van der Waals surface area contributed by atoms with Crippen LogP contribution in [-0.4, -0.2) is 50.1 Å². The minimum absolute atomic E-state index is 0.0477. The molecule has 1 aromatic rings. The Morgan fingerprint density at radius 2 is 2.33 bits per heavy atom. The van der Waals surface area contributed by atoms with Crippen molar-refractivity contribution in [2.24, 2.45) is 0 Å². The lowest BCUT2D eigenvalue weighted by Gasteiger charge is -2.15. The number of aliphatic hydroxyl groups is 1. The Hall–Kier alpha value is -0.960. The number of hydrogen-bond acceptors (Lipinski definition) is 6. The lowest BCUT2D eigenvalue weighted by Crippen LogP contribution is -2.30. The molecule has 1 aliphatic heterocycles. The van der Waals surface area contributed by atoms with Crippen molar-refractivity contribution in [3.8, 4) is 0 Å². The van der Waals surface area contributed by atoms with Crippen molar-refractivity contribution in [3.63, 3.8) is 0 Å². The Bertz CT molecular complexity index is 550. The number of hydrogen-bond donors (Lipinski definition) is 1. The molecule has 1 N–H and O–H groups in total. The highest BCUT2D eigenvalue weighted by Gasteiger charge is 2.35. The molecule has 1 fully saturated rings. The number of rotatable bonds is 3. The third-order valence-electron chi connectivity index (χ3n) is 2.74. The van der Waals surface area contributed by atoms with E-state index in [-0.39, 0.29) is 22.9 Å². The van der Waals surface area contributed by atoms with Crippen molar-refractivity contribution in [1.29, 1.82) is 0 Å². The Kier molecular flexibility index (Phi) is 3.71. The summed E-state index contributed by atoms with van der Waals surface area (Å²) in [7, 11) is -2.52. The van der Waals surface area contributed by atoms with Crippen molar-refractivity contribution in [2.45, 2.75) is 17.4 Å². The molecule has 0 bridgehead atoms. The summed E-state index contributed by atoms with van der Waals surface area (Å²) >= 11 is 1.03. The van der Waals surface area contributed by atoms with E-state index in [0.717, 1.165) is 11.3 Å². The van der Waals surface area contributed by atoms with Gasteiger partial charge in [-0.2, -0.15) is 4.31 Å². The number of carbonyl (C=O) groups excluding carboxylic acids is 1. The average molecular weight is 291 g/mol. The summed E-state index contributed by atoms with van der Waals surface area (Å²) in [6, 6.07) is 1.39. The van der Waals surface area contributed by atoms with Crippen LogP contribution in [0.3, 0.4) is 0 Å². The molecule has 0 aliphatic carbocycles. The standard InChI is InChI=1S/C10H13NO5S2/c1-16-10(13)9-8(3-5-17-9)18(14,15)11-4-2-7(12)6-11/h3,5,7,12H,2,4,6H2,1H3. The number of ether oxygens (including phenoxy) is 1. The van der Waals surface area contributed by atoms with Crippen LogP contribution in [0, 0.1) is 0 Å². The van der Waals surface area contributed by atoms with Crippen molar-refractivity contribution in [1.82, 2.24) is 4.31 Å². The lowest BCUT2D eigenvalue weighted by molar-refractivity contribution is 0.0602. The topological polar surface area (TPSA) is 83.9 Å². The number of aliphatic hydroxyl groups excluding tert-OH is 1. The molecule has 1 aromatic heterocycles. The molecule has 1 atom stereocenters. The van der Waals surface area contributed by atoms with Crippen LogP contribution in [0.5, 0.6) is 0 Å². The average Bonchev–Trinajstić information content (AvgIpc) is 2.96. The molecule has 0 spiro atoms. The Balaban J connectivity index is 2.36. The highest BCUT2D eigenvalue weighted by atomic mass is 32.2. The van der Waals surface area contributed by atoms with Gasteiger partial charge in [0.2, 0.25) is 10.0 Å². The molecule has 18 heavy (non-hydrogen) atoms. The number of β-amino-alcohol motifs (C(OH)–C–C–N with tert-alkyl or cyclic N) is 1. The predicted molar refractivity (Wildman–Crippen MR) is 65.0 cm³/mol. The Morgan fingerprint density at radius 1 is 1.61 bits per heavy atom. The van der Waals surface area contributed by atoms with Gasteiger partial charge in [-0.3, -0.25) is 0 Å². The molecule has 100 valence electrons. The first kappa shape index (κ1) is 13.5. The van der Waals surface area contributed by atoms with Crippen LogP contribution in [0.15, 0.2) is 16.3 Å². The van der Waals surface area contributed by atoms with Gasteiger partial charge in [0.25, 0.3) is 0 Å². The van der Waals surface area contributed by atoms with Crippen LogP contribution in [0.1, 0.15) is 16.1 Å². The van der Waals surface area contributed by atoms with E-state index >= 15 is 0 Å². The Labute approximate surface area is 109 Å². The number of carbonyl (C=O) groups is 1. The molecule has 1 aliphatic rings. The zero-order valence-electron chi connectivity index (χ0n) is 9.70. The van der Waals surface area contributed by atoms with Crippen molar-refractivity contribution in [2.75, 3.05) is 20.2 Å². The highest BCUT2D eigenvalue weighted by molar-refractivity contribution is 7.89. The third kappa shape index (κ3) is 2.28. The van der Waals surface area contributed by atoms with Gasteiger partial charge < -0.3 is 9.84 Å². The number of sulfonamides is 1. The fraction of sp³-hybridized carbons (Fsp3) is 0.500. The zero-order chi connectivity index (χ0) is 13.3. The van der Waals surface area contributed by atoms with Gasteiger partial charge in [0.1, 0.15) is 9.77 Å². The van der Waals surface area contributed by atoms with Gasteiger partial charge in [-0.1, -0.05) is 0 Å². The van der Waals surface area contributed by atoms with Crippen LogP contribution in [0.25, 0.3) is 0 Å². The SMILES string of the molecule is COC(=O)c1sccc1S(=O)(=O)N1CCC(O)C1. The van der Waals surface area contributed by atoms with Gasteiger partial charge >= 0.3 is 5.97 Å². The minimum Gasteiger partial charge on any atom is -0.465 e. The molecule has 0 aromatic carbocycles. The highest BCUT2D eigenvalue weighted by Crippen LogP contribution is 2.28. The summed E-state index contributed by atoms with van der Waals surface area (Å²) in [5.41, 5.74) is 0. The van der Waals surface area contributed by atoms with E-state index in [2.05, 4.69) is 4.74 Å². The molecule has 8 heteroatoms. The molecule has 0 saturated carbocycles. The van der Waals surface area contributed by atoms with Gasteiger partial charge in [-0.15, -0.1) is 11.3 Å². The van der Waals surface area contributed by atoms with E-state index in [1.54, 1.807) is 0 Å². The zero-order valence-corrected chi connectivity index (χ0v) is 11.3. The summed E-state index contributed by atoms with van der Waals surface area (Å²) in [6.07, 6.45) is -0.225. The first-order valence-electron chi connectivity index (χ1n) is 5.31. The number of nitrogens with zero attached hydrogens (tertiary/aromatic N) is 1. The molecule has 2 rings (SSSR count). The van der Waals surface area contributed by atoms with E-state index in [4.69, 9.17) is 0 Å². The summed E-state index contributed by atoms with van der Waals surface area (Å²) in [4.78, 5) is 11.5. The normalized spacial score (nSPS) is 21.1. The van der Waals surface area contributed by atoms with Gasteiger partial charge in [0, 0.05) is 13.1 Å². The van der Waals surface area contributed by atoms with Crippen LogP contribution in [0.4, 0.5) is 0 Å². The van der Waals surface area contributed by atoms with Crippen molar-refractivity contribution in [3.05, 3.63) is 16.3 Å². The van der Waals surface area contributed by atoms with Gasteiger partial charge in [-0.25, -0.2) is 13.2 Å². The van der Waals surface area contributed by atoms with Crippen LogP contribution in [0.2, 0.25) is 0 Å². The predicted octanol–water partition coefficient (Wildman–Crippen LogP) is 0.290. The van der Waals surface area contributed by atoms with E-state index in [1.807, 2.05) is 0 Å². The van der Waals surface area contributed by atoms with Gasteiger partial charge in [-0.05, 0) is 17.9 Å². The smallest absolute Gasteiger partial charge is 0.349 e. The minimum atomic E-state index is -3.73. The first-order valence-corrected chi connectivity index (χ1v) is 7.63. The molecule has 0 amide bonds. The summed E-state index contributed by atoms with van der Waals surface area (Å²) < 4.78 is 30.3. The van der Waals surface area contributed by atoms with Crippen LogP contribution in [-0.2, 0) is 14.8 Å². The van der Waals surface area contributed by atoms with Gasteiger partial charge in [0.15, 0.2) is 0 Å². The maximum Gasteiger partial charge on any atom is 0.349 e. The number of esters is 1.